The van der Waals surface area contributed by atoms with Crippen LogP contribution in [0.4, 0.5) is 0 Å². The van der Waals surface area contributed by atoms with Crippen LogP contribution in [0.25, 0.3) is 0 Å². The monoisotopic (exact) mass is 234 g/mol. The van der Waals surface area contributed by atoms with Gasteiger partial charge in [0.2, 0.25) is 0 Å². The molecule has 1 unspecified atom stereocenters. The Bertz CT molecular complexity index is 322. The Labute approximate surface area is 103 Å². The Balaban J connectivity index is 1.47. The van der Waals surface area contributed by atoms with Crippen LogP contribution in [0.5, 0.6) is 0 Å². The molecule has 17 heavy (non-hydrogen) atoms. The summed E-state index contributed by atoms with van der Waals surface area (Å²) in [5.41, 5.74) is 0. The van der Waals surface area contributed by atoms with Gasteiger partial charge in [0.15, 0.2) is 0 Å². The minimum absolute atomic E-state index is 0.806. The van der Waals surface area contributed by atoms with Crippen molar-refractivity contribution in [2.45, 2.75) is 38.3 Å². The molecule has 3 heteroatoms. The number of nitrogens with zero attached hydrogens (tertiary/aromatic N) is 1. The molecule has 0 aliphatic carbocycles. The van der Waals surface area contributed by atoms with Gasteiger partial charge >= 0.3 is 0 Å². The lowest BCUT2D eigenvalue weighted by Gasteiger charge is -2.34. The second kappa shape index (κ2) is 5.23. The molecule has 0 radical (unpaired) electrons. The summed E-state index contributed by atoms with van der Waals surface area (Å²) in [5.74, 6) is 2.01. The minimum atomic E-state index is 0.806. The first-order chi connectivity index (χ1) is 8.42. The molecular weight excluding hydrogens is 212 g/mol. The number of likely N-dealkylation sites (tertiary alicyclic amines) is 1. The topological polar surface area (TPSA) is 28.4 Å². The molecule has 1 aromatic heterocycles. The van der Waals surface area contributed by atoms with Crippen molar-refractivity contribution >= 4 is 0 Å². The SMILES string of the molecule is c1coc(CN2CCC(C3CCCN3)CC2)c1. The van der Waals surface area contributed by atoms with E-state index >= 15 is 0 Å². The first-order valence-corrected chi connectivity index (χ1v) is 6.90. The summed E-state index contributed by atoms with van der Waals surface area (Å²) in [7, 11) is 0. The van der Waals surface area contributed by atoms with Crippen LogP contribution in [0.1, 0.15) is 31.4 Å². The number of hydrogen-bond acceptors (Lipinski definition) is 3. The van der Waals surface area contributed by atoms with Crippen molar-refractivity contribution in [3.05, 3.63) is 24.2 Å². The molecule has 2 fully saturated rings. The van der Waals surface area contributed by atoms with Crippen LogP contribution in [0.2, 0.25) is 0 Å². The molecule has 3 rings (SSSR count). The zero-order valence-electron chi connectivity index (χ0n) is 10.4. The maximum Gasteiger partial charge on any atom is 0.117 e. The van der Waals surface area contributed by atoms with Gasteiger partial charge in [-0.3, -0.25) is 4.90 Å². The molecular formula is C14H22N2O. The summed E-state index contributed by atoms with van der Waals surface area (Å²) in [6, 6.07) is 4.86. The van der Waals surface area contributed by atoms with E-state index in [2.05, 4.69) is 16.3 Å². The summed E-state index contributed by atoms with van der Waals surface area (Å²) in [6.07, 6.45) is 7.22. The van der Waals surface area contributed by atoms with Gasteiger partial charge in [-0.05, 0) is 63.4 Å². The highest BCUT2D eigenvalue weighted by atomic mass is 16.3. The molecule has 0 saturated carbocycles. The first-order valence-electron chi connectivity index (χ1n) is 6.90. The number of nitrogens with one attached hydrogen (secondary N) is 1. The Morgan fingerprint density at radius 2 is 2.18 bits per heavy atom. The molecule has 0 amide bonds. The molecule has 2 aliphatic rings. The van der Waals surface area contributed by atoms with E-state index in [-0.39, 0.29) is 0 Å². The first kappa shape index (κ1) is 11.3. The van der Waals surface area contributed by atoms with Gasteiger partial charge in [0.25, 0.3) is 0 Å². The third-order valence-electron chi connectivity index (χ3n) is 4.26. The zero-order valence-corrected chi connectivity index (χ0v) is 10.4. The largest absolute Gasteiger partial charge is 0.468 e. The van der Waals surface area contributed by atoms with E-state index in [1.165, 1.54) is 45.3 Å². The van der Waals surface area contributed by atoms with Gasteiger partial charge in [-0.25, -0.2) is 0 Å². The molecule has 1 aromatic rings. The molecule has 2 aliphatic heterocycles. The summed E-state index contributed by atoms with van der Waals surface area (Å²) < 4.78 is 5.41. The Morgan fingerprint density at radius 1 is 1.29 bits per heavy atom. The lowest BCUT2D eigenvalue weighted by Crippen LogP contribution is -2.40. The third-order valence-corrected chi connectivity index (χ3v) is 4.26. The van der Waals surface area contributed by atoms with E-state index < -0.39 is 0 Å². The molecule has 3 nitrogen and oxygen atoms in total. The predicted octanol–water partition coefficient (Wildman–Crippen LogP) is 2.24. The van der Waals surface area contributed by atoms with Gasteiger partial charge < -0.3 is 9.73 Å². The van der Waals surface area contributed by atoms with Gasteiger partial charge in [0.1, 0.15) is 5.76 Å². The number of piperidine rings is 1. The average molecular weight is 234 g/mol. The van der Waals surface area contributed by atoms with E-state index in [4.69, 9.17) is 4.42 Å². The molecule has 3 heterocycles. The van der Waals surface area contributed by atoms with Crippen LogP contribution >= 0.6 is 0 Å². The average Bonchev–Trinajstić information content (AvgIpc) is 3.01. The minimum Gasteiger partial charge on any atom is -0.468 e. The highest BCUT2D eigenvalue weighted by Gasteiger charge is 2.28. The van der Waals surface area contributed by atoms with Crippen molar-refractivity contribution in [2.24, 2.45) is 5.92 Å². The van der Waals surface area contributed by atoms with Crippen molar-refractivity contribution in [3.63, 3.8) is 0 Å². The molecule has 0 aromatic carbocycles. The van der Waals surface area contributed by atoms with Crippen molar-refractivity contribution in [1.29, 1.82) is 0 Å². The predicted molar refractivity (Wildman–Crippen MR) is 67.7 cm³/mol. The smallest absolute Gasteiger partial charge is 0.117 e. The van der Waals surface area contributed by atoms with Gasteiger partial charge in [-0.15, -0.1) is 0 Å². The van der Waals surface area contributed by atoms with Crippen LogP contribution < -0.4 is 5.32 Å². The van der Waals surface area contributed by atoms with E-state index in [0.717, 1.165) is 24.3 Å². The maximum atomic E-state index is 5.41. The van der Waals surface area contributed by atoms with Gasteiger partial charge in [-0.2, -0.15) is 0 Å². The summed E-state index contributed by atoms with van der Waals surface area (Å²) >= 11 is 0. The number of rotatable bonds is 3. The molecule has 1 atom stereocenters. The van der Waals surface area contributed by atoms with Crippen LogP contribution in [0.3, 0.4) is 0 Å². The van der Waals surface area contributed by atoms with Crippen molar-refractivity contribution in [3.8, 4) is 0 Å². The summed E-state index contributed by atoms with van der Waals surface area (Å²) in [5, 5.41) is 3.65. The lowest BCUT2D eigenvalue weighted by atomic mass is 9.88. The van der Waals surface area contributed by atoms with E-state index in [1.807, 2.05) is 6.07 Å². The fourth-order valence-corrected chi connectivity index (χ4v) is 3.25. The molecule has 0 bridgehead atoms. The van der Waals surface area contributed by atoms with Crippen LogP contribution in [-0.4, -0.2) is 30.6 Å². The normalized spacial score (nSPS) is 27.6. The third kappa shape index (κ3) is 2.72. The molecule has 94 valence electrons. The van der Waals surface area contributed by atoms with Crippen molar-refractivity contribution in [1.82, 2.24) is 10.2 Å². The zero-order chi connectivity index (χ0) is 11.5. The lowest BCUT2D eigenvalue weighted by molar-refractivity contribution is 0.149. The van der Waals surface area contributed by atoms with Crippen LogP contribution in [0.15, 0.2) is 22.8 Å². The van der Waals surface area contributed by atoms with Crippen LogP contribution in [0, 0.1) is 5.92 Å². The van der Waals surface area contributed by atoms with E-state index in [1.54, 1.807) is 6.26 Å². The Hall–Kier alpha value is -0.800. The van der Waals surface area contributed by atoms with Crippen molar-refractivity contribution in [2.75, 3.05) is 19.6 Å². The van der Waals surface area contributed by atoms with Crippen molar-refractivity contribution < 1.29 is 4.42 Å². The molecule has 1 N–H and O–H groups in total. The highest BCUT2D eigenvalue weighted by molar-refractivity contribution is 4.98. The second-order valence-corrected chi connectivity index (χ2v) is 5.40. The maximum absolute atomic E-state index is 5.41. The number of hydrogen-bond donors (Lipinski definition) is 1. The Kier molecular flexibility index (Phi) is 3.48. The summed E-state index contributed by atoms with van der Waals surface area (Å²) in [4.78, 5) is 2.52. The number of furan rings is 1. The fourth-order valence-electron chi connectivity index (χ4n) is 3.25. The summed E-state index contributed by atoms with van der Waals surface area (Å²) in [6.45, 7) is 4.67. The van der Waals surface area contributed by atoms with E-state index in [9.17, 15) is 0 Å². The molecule has 2 saturated heterocycles. The van der Waals surface area contributed by atoms with Gasteiger partial charge in [0.05, 0.1) is 12.8 Å². The standard InChI is InChI=1S/C14H22N2O/c1-4-14(15-7-1)12-5-8-16(9-6-12)11-13-3-2-10-17-13/h2-3,10,12,14-15H,1,4-9,11H2. The van der Waals surface area contributed by atoms with E-state index in [0.29, 0.717) is 0 Å². The highest BCUT2D eigenvalue weighted by Crippen LogP contribution is 2.26. The fraction of sp³-hybridized carbons (Fsp3) is 0.714. The van der Waals surface area contributed by atoms with Crippen LogP contribution in [-0.2, 0) is 6.54 Å². The Morgan fingerprint density at radius 3 is 2.82 bits per heavy atom. The quantitative estimate of drug-likeness (QED) is 0.869. The second-order valence-electron chi connectivity index (χ2n) is 5.40. The van der Waals surface area contributed by atoms with Gasteiger partial charge in [-0.1, -0.05) is 0 Å². The van der Waals surface area contributed by atoms with Gasteiger partial charge in [0, 0.05) is 6.04 Å². The molecule has 0 spiro atoms.